The fraction of sp³-hybridized carbons (Fsp3) is 0.243. The Morgan fingerprint density at radius 1 is 0.872 bits per heavy atom. The van der Waals surface area contributed by atoms with E-state index < -0.39 is 23.7 Å². The summed E-state index contributed by atoms with van der Waals surface area (Å²) in [5.41, 5.74) is 5.78. The minimum atomic E-state index is -0.686. The summed E-state index contributed by atoms with van der Waals surface area (Å²) in [6.45, 7) is 1.77. The lowest BCUT2D eigenvalue weighted by atomic mass is 9.59. The number of imide groups is 1. The number of aromatic hydroxyl groups is 1. The number of carbonyl (C=O) groups is 4. The summed E-state index contributed by atoms with van der Waals surface area (Å²) in [4.78, 5) is 58.2. The molecule has 0 spiro atoms. The van der Waals surface area contributed by atoms with Gasteiger partial charge in [-0.15, -0.1) is 0 Å². The van der Waals surface area contributed by atoms with Gasteiger partial charge >= 0.3 is 0 Å². The Morgan fingerprint density at radius 3 is 2.17 bits per heavy atom. The monoisotopic (exact) mass is 690 g/mol. The molecule has 3 aromatic rings. The molecule has 4 aliphatic rings. The van der Waals surface area contributed by atoms with Crippen molar-refractivity contribution in [2.24, 2.45) is 28.0 Å². The van der Waals surface area contributed by atoms with E-state index in [0.717, 1.165) is 16.8 Å². The zero-order chi connectivity index (χ0) is 33.1. The summed E-state index contributed by atoms with van der Waals surface area (Å²) in [5, 5.41) is 18.8. The van der Waals surface area contributed by atoms with Gasteiger partial charge in [-0.1, -0.05) is 23.8 Å². The number of hydrogen-bond acceptors (Lipinski definition) is 8. The lowest BCUT2D eigenvalue weighted by Crippen LogP contribution is -2.39. The third kappa shape index (κ3) is 5.17. The van der Waals surface area contributed by atoms with Gasteiger partial charge in [0.15, 0.2) is 11.6 Å². The second kappa shape index (κ2) is 11.7. The van der Waals surface area contributed by atoms with Crippen LogP contribution in [0.3, 0.4) is 0 Å². The highest BCUT2D eigenvalue weighted by atomic mass is 79.9. The summed E-state index contributed by atoms with van der Waals surface area (Å²) in [7, 11) is 3.93. The molecule has 10 heteroatoms. The number of carbonyl (C=O) groups excluding carboxylic acids is 4. The van der Waals surface area contributed by atoms with Gasteiger partial charge in [0.2, 0.25) is 11.8 Å². The highest BCUT2D eigenvalue weighted by Crippen LogP contribution is 2.55. The molecular formula is C37H31BrN4O5. The number of amides is 2. The number of rotatable bonds is 5. The van der Waals surface area contributed by atoms with Crippen LogP contribution in [0.25, 0.3) is 0 Å². The van der Waals surface area contributed by atoms with Gasteiger partial charge in [-0.3, -0.25) is 24.1 Å². The summed E-state index contributed by atoms with van der Waals surface area (Å²) in [6.07, 6.45) is 3.82. The molecule has 7 rings (SSSR count). The van der Waals surface area contributed by atoms with Crippen molar-refractivity contribution in [2.75, 3.05) is 23.9 Å². The van der Waals surface area contributed by atoms with Crippen molar-refractivity contribution in [3.63, 3.8) is 0 Å². The number of azo groups is 1. The SMILES string of the molecule is Cc1cc(C2C3=CCC4C(=O)N(c5ccc(N=Nc6ccc(N(C)C)cc6)cc5)C(=O)C4C3CC3=C2C(=O)C=C(Br)C3=O)ccc1O. The van der Waals surface area contributed by atoms with E-state index in [4.69, 9.17) is 0 Å². The lowest BCUT2D eigenvalue weighted by Gasteiger charge is -2.42. The zero-order valence-corrected chi connectivity index (χ0v) is 27.6. The van der Waals surface area contributed by atoms with Gasteiger partial charge in [-0.2, -0.15) is 10.2 Å². The van der Waals surface area contributed by atoms with Crippen molar-refractivity contribution >= 4 is 62.1 Å². The molecule has 1 aliphatic heterocycles. The first kappa shape index (κ1) is 30.7. The van der Waals surface area contributed by atoms with Gasteiger partial charge in [0.1, 0.15) is 5.75 Å². The maximum Gasteiger partial charge on any atom is 0.238 e. The molecule has 9 nitrogen and oxygen atoms in total. The Balaban J connectivity index is 1.19. The number of ketones is 2. The summed E-state index contributed by atoms with van der Waals surface area (Å²) < 4.78 is 0.181. The minimum Gasteiger partial charge on any atom is -0.508 e. The Labute approximate surface area is 280 Å². The van der Waals surface area contributed by atoms with E-state index in [2.05, 4.69) is 26.2 Å². The third-order valence-electron chi connectivity index (χ3n) is 9.64. The van der Waals surface area contributed by atoms with Crippen molar-refractivity contribution in [1.82, 2.24) is 0 Å². The van der Waals surface area contributed by atoms with E-state index in [9.17, 15) is 24.3 Å². The normalized spacial score (nSPS) is 23.9. The number of nitrogens with zero attached hydrogens (tertiary/aromatic N) is 4. The number of phenols is 1. The largest absolute Gasteiger partial charge is 0.508 e. The molecule has 2 amide bonds. The zero-order valence-electron chi connectivity index (χ0n) is 26.0. The van der Waals surface area contributed by atoms with E-state index in [1.54, 1.807) is 43.3 Å². The average Bonchev–Trinajstić information content (AvgIpc) is 3.32. The second-order valence-corrected chi connectivity index (χ2v) is 13.4. The lowest BCUT2D eigenvalue weighted by molar-refractivity contribution is -0.123. The standard InChI is InChI=1S/C37H31BrN4O5/c1-19-16-20(4-15-30(19)43)32-25-13-14-26-33(27(25)17-28-34(32)31(44)18-29(38)35(28)45)37(47)42(36(26)46)24-11-7-22(8-12-24)40-39-21-5-9-23(10-6-21)41(2)3/h4-13,15-16,18,26-27,32-33,43H,14,17H2,1-3H3. The molecule has 0 bridgehead atoms. The van der Waals surface area contributed by atoms with Gasteiger partial charge in [-0.25, -0.2) is 0 Å². The van der Waals surface area contributed by atoms with Crippen LogP contribution >= 0.6 is 15.9 Å². The smallest absolute Gasteiger partial charge is 0.238 e. The van der Waals surface area contributed by atoms with Gasteiger partial charge in [-0.05, 0) is 107 Å². The molecule has 1 N–H and O–H groups in total. The maximum absolute atomic E-state index is 14.2. The van der Waals surface area contributed by atoms with E-state index in [-0.39, 0.29) is 40.0 Å². The predicted octanol–water partition coefficient (Wildman–Crippen LogP) is 7.15. The van der Waals surface area contributed by atoms with Crippen LogP contribution in [-0.2, 0) is 19.2 Å². The number of Topliss-reactive ketones (excluding diaryl/α,β-unsaturated/α-hetero) is 1. The van der Waals surface area contributed by atoms with Crippen LogP contribution in [0.2, 0.25) is 0 Å². The van der Waals surface area contributed by atoms with Crippen LogP contribution in [0.1, 0.15) is 29.9 Å². The number of fused-ring (bicyclic) bond motifs is 3. The van der Waals surface area contributed by atoms with Crippen LogP contribution in [0, 0.1) is 24.7 Å². The molecule has 4 unspecified atom stereocenters. The van der Waals surface area contributed by atoms with Crippen LogP contribution in [-0.4, -0.2) is 42.6 Å². The average molecular weight is 692 g/mol. The Kier molecular flexibility index (Phi) is 7.63. The topological polar surface area (TPSA) is 120 Å². The first-order valence-corrected chi connectivity index (χ1v) is 16.2. The van der Waals surface area contributed by atoms with E-state index in [0.29, 0.717) is 40.2 Å². The van der Waals surface area contributed by atoms with E-state index >= 15 is 0 Å². The molecule has 4 atom stereocenters. The maximum atomic E-state index is 14.2. The Hall–Kier alpha value is -4.96. The second-order valence-electron chi connectivity index (χ2n) is 12.6. The highest BCUT2D eigenvalue weighted by Gasteiger charge is 2.56. The van der Waals surface area contributed by atoms with Crippen molar-refractivity contribution in [2.45, 2.75) is 25.7 Å². The molecule has 47 heavy (non-hydrogen) atoms. The van der Waals surface area contributed by atoms with Crippen LogP contribution in [0.5, 0.6) is 5.75 Å². The summed E-state index contributed by atoms with van der Waals surface area (Å²) in [5.74, 6) is -3.31. The number of aryl methyl sites for hydroxylation is 1. The quantitative estimate of drug-likeness (QED) is 0.131. The summed E-state index contributed by atoms with van der Waals surface area (Å²) >= 11 is 3.26. The van der Waals surface area contributed by atoms with Gasteiger partial charge in [0.05, 0.1) is 33.4 Å². The number of halogens is 1. The minimum absolute atomic E-state index is 0.125. The number of benzene rings is 3. The molecule has 236 valence electrons. The molecule has 0 radical (unpaired) electrons. The van der Waals surface area contributed by atoms with Crippen molar-refractivity contribution < 1.29 is 24.3 Å². The number of phenolic OH excluding ortho intramolecular Hbond substituents is 1. The molecule has 1 heterocycles. The van der Waals surface area contributed by atoms with Gasteiger partial charge in [0, 0.05) is 42.9 Å². The van der Waals surface area contributed by atoms with E-state index in [1.165, 1.54) is 11.0 Å². The first-order valence-electron chi connectivity index (χ1n) is 15.4. The molecule has 0 aromatic heterocycles. The van der Waals surface area contributed by atoms with Gasteiger partial charge < -0.3 is 10.0 Å². The van der Waals surface area contributed by atoms with Crippen molar-refractivity contribution in [1.29, 1.82) is 0 Å². The van der Waals surface area contributed by atoms with Crippen LogP contribution in [0.15, 0.2) is 110 Å². The molecule has 0 saturated carbocycles. The number of hydrogen-bond donors (Lipinski definition) is 1. The Morgan fingerprint density at radius 2 is 1.53 bits per heavy atom. The van der Waals surface area contributed by atoms with Gasteiger partial charge in [0.25, 0.3) is 0 Å². The molecule has 1 saturated heterocycles. The molecular weight excluding hydrogens is 660 g/mol. The molecule has 3 aliphatic carbocycles. The first-order chi connectivity index (χ1) is 22.5. The van der Waals surface area contributed by atoms with Crippen molar-refractivity contribution in [3.8, 4) is 5.75 Å². The van der Waals surface area contributed by atoms with E-state index in [1.807, 2.05) is 55.4 Å². The predicted molar refractivity (Wildman–Crippen MR) is 181 cm³/mol. The number of allylic oxidation sites excluding steroid dienone is 6. The fourth-order valence-electron chi connectivity index (χ4n) is 7.30. The third-order valence-corrected chi connectivity index (χ3v) is 10.2. The van der Waals surface area contributed by atoms with Crippen LogP contribution < -0.4 is 9.80 Å². The fourth-order valence-corrected chi connectivity index (χ4v) is 7.75. The Bertz CT molecular complexity index is 1990. The molecule has 1 fully saturated rings. The molecule has 3 aromatic carbocycles. The highest BCUT2D eigenvalue weighted by molar-refractivity contribution is 9.12. The van der Waals surface area contributed by atoms with Crippen LogP contribution in [0.4, 0.5) is 22.7 Å². The number of anilines is 2. The van der Waals surface area contributed by atoms with Crippen molar-refractivity contribution in [3.05, 3.63) is 111 Å². The summed E-state index contributed by atoms with van der Waals surface area (Å²) in [6, 6.07) is 19.6.